The second kappa shape index (κ2) is 17.7. The molecule has 2 aliphatic rings. The van der Waals surface area contributed by atoms with Crippen LogP contribution in [-0.4, -0.2) is 49.8 Å². The Bertz CT molecular complexity index is 3640. The van der Waals surface area contributed by atoms with Gasteiger partial charge in [-0.25, -0.2) is 29.9 Å². The predicted octanol–water partition coefficient (Wildman–Crippen LogP) is 13.9. The van der Waals surface area contributed by atoms with Gasteiger partial charge in [-0.3, -0.25) is 19.9 Å². The molecule has 12 aromatic rings. The molecule has 14 heteroatoms. The molecule has 2 aliphatic heterocycles. The molecule has 6 aromatic heterocycles. The SMILES string of the molecule is c1ccc(-c2nc(-c3cccnc3)nc(-c3cc(N4c5ccccc5Oc5ccccc54)cc4c(-c5nc(-c6cccnc6)nc(-c6ccccn6)n5)cc(N5c6ccccc6Oc6ccccc65)cc34)n2)nc1. The second-order valence-corrected chi connectivity index (χ2v) is 17.4. The highest BCUT2D eigenvalue weighted by Gasteiger charge is 2.31. The summed E-state index contributed by atoms with van der Waals surface area (Å²) >= 11 is 0. The quantitative estimate of drug-likeness (QED) is 0.142. The minimum atomic E-state index is 0.390. The zero-order valence-electron chi connectivity index (χ0n) is 39.0. The summed E-state index contributed by atoms with van der Waals surface area (Å²) < 4.78 is 13.1. The first-order valence-electron chi connectivity index (χ1n) is 23.8. The highest BCUT2D eigenvalue weighted by atomic mass is 16.5. The Morgan fingerprint density at radius 1 is 0.311 bits per heavy atom. The number of hydrogen-bond acceptors (Lipinski definition) is 14. The molecule has 0 aliphatic carbocycles. The largest absolute Gasteiger partial charge is 0.453 e. The molecular formula is C60H36N12O2. The van der Waals surface area contributed by atoms with Crippen LogP contribution in [-0.2, 0) is 0 Å². The van der Waals surface area contributed by atoms with Crippen LogP contribution in [0.25, 0.3) is 79.4 Å². The summed E-state index contributed by atoms with van der Waals surface area (Å²) in [4.78, 5) is 54.1. The molecule has 14 rings (SSSR count). The zero-order valence-corrected chi connectivity index (χ0v) is 39.0. The summed E-state index contributed by atoms with van der Waals surface area (Å²) in [5.41, 5.74) is 8.91. The lowest BCUT2D eigenvalue weighted by Gasteiger charge is -2.34. The van der Waals surface area contributed by atoms with Gasteiger partial charge in [0.05, 0.1) is 22.7 Å². The minimum absolute atomic E-state index is 0.390. The fourth-order valence-corrected chi connectivity index (χ4v) is 9.49. The molecule has 0 spiro atoms. The van der Waals surface area contributed by atoms with Crippen molar-refractivity contribution in [3.05, 3.63) is 219 Å². The van der Waals surface area contributed by atoms with E-state index in [1.165, 1.54) is 0 Å². The molecule has 0 radical (unpaired) electrons. The highest BCUT2D eigenvalue weighted by Crippen LogP contribution is 2.54. The molecule has 0 saturated heterocycles. The summed E-state index contributed by atoms with van der Waals surface area (Å²) in [6.07, 6.45) is 10.4. The van der Waals surface area contributed by atoms with Gasteiger partial charge in [0.2, 0.25) is 0 Å². The van der Waals surface area contributed by atoms with E-state index in [-0.39, 0.29) is 0 Å². The predicted molar refractivity (Wildman–Crippen MR) is 284 cm³/mol. The Hall–Kier alpha value is -10.6. The van der Waals surface area contributed by atoms with Gasteiger partial charge in [-0.1, -0.05) is 60.7 Å². The van der Waals surface area contributed by atoms with Crippen molar-refractivity contribution in [2.75, 3.05) is 9.80 Å². The minimum Gasteiger partial charge on any atom is -0.453 e. The van der Waals surface area contributed by atoms with Crippen molar-refractivity contribution in [1.29, 1.82) is 0 Å². The van der Waals surface area contributed by atoms with Crippen LogP contribution in [0.3, 0.4) is 0 Å². The van der Waals surface area contributed by atoms with Gasteiger partial charge in [0.25, 0.3) is 0 Å². The lowest BCUT2D eigenvalue weighted by atomic mass is 9.95. The van der Waals surface area contributed by atoms with E-state index in [9.17, 15) is 0 Å². The zero-order chi connectivity index (χ0) is 49.0. The van der Waals surface area contributed by atoms with Gasteiger partial charge in [-0.15, -0.1) is 0 Å². The molecule has 0 saturated carbocycles. The number of aromatic nitrogens is 10. The number of para-hydroxylation sites is 8. The summed E-state index contributed by atoms with van der Waals surface area (Å²) in [6.45, 7) is 0. The van der Waals surface area contributed by atoms with Gasteiger partial charge in [-0.05, 0) is 132 Å². The lowest BCUT2D eigenvalue weighted by molar-refractivity contribution is 0.476. The van der Waals surface area contributed by atoms with Crippen LogP contribution in [0.15, 0.2) is 219 Å². The molecular weight excluding hydrogens is 921 g/mol. The Morgan fingerprint density at radius 2 is 0.676 bits per heavy atom. The molecule has 0 unspecified atom stereocenters. The first kappa shape index (κ1) is 42.3. The summed E-state index contributed by atoms with van der Waals surface area (Å²) in [7, 11) is 0. The molecule has 6 aromatic carbocycles. The number of rotatable bonds is 8. The van der Waals surface area contributed by atoms with Crippen molar-refractivity contribution in [3.63, 3.8) is 0 Å². The van der Waals surface area contributed by atoms with Crippen molar-refractivity contribution in [3.8, 4) is 91.6 Å². The summed E-state index contributed by atoms with van der Waals surface area (Å²) in [5, 5.41) is 1.58. The summed E-state index contributed by atoms with van der Waals surface area (Å²) in [5.74, 6) is 5.21. The molecule has 0 N–H and O–H groups in total. The van der Waals surface area contributed by atoms with E-state index in [1.54, 1.807) is 37.2 Å². The van der Waals surface area contributed by atoms with Gasteiger partial charge in [0, 0.05) is 70.8 Å². The third-order valence-electron chi connectivity index (χ3n) is 12.8. The molecule has 0 amide bonds. The molecule has 0 bridgehead atoms. The Labute approximate surface area is 423 Å². The van der Waals surface area contributed by atoms with Crippen molar-refractivity contribution in [2.24, 2.45) is 0 Å². The molecule has 74 heavy (non-hydrogen) atoms. The number of anilines is 6. The Morgan fingerprint density at radius 3 is 1.04 bits per heavy atom. The van der Waals surface area contributed by atoms with Crippen LogP contribution >= 0.6 is 0 Å². The second-order valence-electron chi connectivity index (χ2n) is 17.4. The van der Waals surface area contributed by atoms with Gasteiger partial charge in [0.15, 0.2) is 57.9 Å². The molecule has 0 fully saturated rings. The maximum atomic E-state index is 6.56. The average Bonchev–Trinajstić information content (AvgIpc) is 3.48. The first-order valence-corrected chi connectivity index (χ1v) is 23.8. The van der Waals surface area contributed by atoms with E-state index in [0.717, 1.165) is 44.9 Å². The third kappa shape index (κ3) is 7.45. The molecule has 8 heterocycles. The number of pyridine rings is 4. The normalized spacial score (nSPS) is 12.2. The smallest absolute Gasteiger partial charge is 0.182 e. The van der Waals surface area contributed by atoms with Crippen LogP contribution in [0.1, 0.15) is 0 Å². The van der Waals surface area contributed by atoms with Crippen molar-refractivity contribution >= 4 is 44.9 Å². The van der Waals surface area contributed by atoms with Crippen LogP contribution in [0.4, 0.5) is 34.1 Å². The average molecular weight is 957 g/mol. The van der Waals surface area contributed by atoms with Crippen LogP contribution < -0.4 is 19.3 Å². The molecule has 0 atom stereocenters. The van der Waals surface area contributed by atoms with E-state index < -0.39 is 0 Å². The van der Waals surface area contributed by atoms with E-state index in [4.69, 9.17) is 49.3 Å². The van der Waals surface area contributed by atoms with E-state index in [2.05, 4.69) is 68.3 Å². The number of fused-ring (bicyclic) bond motifs is 5. The lowest BCUT2D eigenvalue weighted by Crippen LogP contribution is -2.17. The number of nitrogens with zero attached hydrogens (tertiary/aromatic N) is 12. The maximum Gasteiger partial charge on any atom is 0.182 e. The van der Waals surface area contributed by atoms with Crippen molar-refractivity contribution in [2.45, 2.75) is 0 Å². The van der Waals surface area contributed by atoms with E-state index in [1.807, 2.05) is 133 Å². The number of benzene rings is 6. The first-order chi connectivity index (χ1) is 36.7. The van der Waals surface area contributed by atoms with Crippen LogP contribution in [0.2, 0.25) is 0 Å². The van der Waals surface area contributed by atoms with Gasteiger partial charge in [0.1, 0.15) is 11.4 Å². The fraction of sp³-hybridized carbons (Fsp3) is 0. The van der Waals surface area contributed by atoms with E-state index in [0.29, 0.717) is 91.6 Å². The molecule has 14 nitrogen and oxygen atoms in total. The van der Waals surface area contributed by atoms with Crippen LogP contribution in [0.5, 0.6) is 23.0 Å². The van der Waals surface area contributed by atoms with Gasteiger partial charge in [-0.2, -0.15) is 0 Å². The molecule has 348 valence electrons. The van der Waals surface area contributed by atoms with E-state index >= 15 is 0 Å². The highest BCUT2D eigenvalue weighted by molar-refractivity contribution is 6.09. The topological polar surface area (TPSA) is 154 Å². The monoisotopic (exact) mass is 956 g/mol. The third-order valence-corrected chi connectivity index (χ3v) is 12.8. The fourth-order valence-electron chi connectivity index (χ4n) is 9.49. The maximum absolute atomic E-state index is 6.56. The van der Waals surface area contributed by atoms with Crippen molar-refractivity contribution < 1.29 is 9.47 Å². The van der Waals surface area contributed by atoms with Crippen molar-refractivity contribution in [1.82, 2.24) is 49.8 Å². The summed E-state index contributed by atoms with van der Waals surface area (Å²) in [6, 6.07) is 59.7. The number of ether oxygens (including phenoxy) is 2. The van der Waals surface area contributed by atoms with Crippen LogP contribution in [0, 0.1) is 0 Å². The number of hydrogen-bond donors (Lipinski definition) is 0. The Kier molecular flexibility index (Phi) is 10.1. The van der Waals surface area contributed by atoms with Gasteiger partial charge >= 0.3 is 0 Å². The Balaban J connectivity index is 1.14. The standard InChI is InChI=1S/C60H36N12O2/c1-5-23-51-47(19-1)71(48-20-2-6-24-52(48)73-51)39-31-41-42(43(33-39)57-65-55(37-15-13-27-61-35-37)67-59(69-57)45-17-9-11-29-63-45)32-40(72-49-21-3-7-25-53(49)74-54-26-8-4-22-50(54)72)34-44(41)58-66-56(38-16-14-28-62-36-38)68-60(70-58)46-18-10-12-30-64-46/h1-36H. The van der Waals surface area contributed by atoms with Gasteiger partial charge < -0.3 is 19.3 Å².